The number of para-hydroxylation sites is 1. The number of nitrogens with zero attached hydrogens (tertiary/aromatic N) is 4. The molecule has 3 heterocycles. The molecule has 0 fully saturated rings. The second-order valence-corrected chi connectivity index (χ2v) is 6.83. The largest absolute Gasteiger partial charge is 0.347 e. The van der Waals surface area contributed by atoms with Gasteiger partial charge in [0.1, 0.15) is 11.6 Å². The van der Waals surface area contributed by atoms with Gasteiger partial charge in [0.05, 0.1) is 11.1 Å². The van der Waals surface area contributed by atoms with Crippen molar-refractivity contribution in [3.05, 3.63) is 53.7 Å². The summed E-state index contributed by atoms with van der Waals surface area (Å²) >= 11 is 0. The molecule has 0 saturated heterocycles. The first-order valence-corrected chi connectivity index (χ1v) is 8.70. The second-order valence-electron chi connectivity index (χ2n) is 6.83. The average Bonchev–Trinajstić information content (AvgIpc) is 3.04. The molecular formula is C19H21N5O. The number of amides is 1. The Morgan fingerprint density at radius 3 is 2.92 bits per heavy atom. The predicted molar refractivity (Wildman–Crippen MR) is 95.4 cm³/mol. The van der Waals surface area contributed by atoms with Gasteiger partial charge in [0.15, 0.2) is 0 Å². The summed E-state index contributed by atoms with van der Waals surface area (Å²) in [6, 6.07) is 9.63. The van der Waals surface area contributed by atoms with Crippen LogP contribution < -0.4 is 5.32 Å². The number of fused-ring (bicyclic) bond motifs is 2. The van der Waals surface area contributed by atoms with Gasteiger partial charge in [0.2, 0.25) is 0 Å². The van der Waals surface area contributed by atoms with Crippen LogP contribution in [-0.4, -0.2) is 31.7 Å². The molecule has 128 valence electrons. The van der Waals surface area contributed by atoms with Crippen LogP contribution >= 0.6 is 0 Å². The van der Waals surface area contributed by atoms with Crippen molar-refractivity contribution >= 4 is 16.8 Å². The smallest absolute Gasteiger partial charge is 0.253 e. The fourth-order valence-electron chi connectivity index (χ4n) is 3.44. The first kappa shape index (κ1) is 15.7. The van der Waals surface area contributed by atoms with Crippen molar-refractivity contribution in [1.82, 2.24) is 25.1 Å². The van der Waals surface area contributed by atoms with Gasteiger partial charge in [-0.15, -0.1) is 10.2 Å². The maximum atomic E-state index is 12.8. The Labute approximate surface area is 146 Å². The van der Waals surface area contributed by atoms with Gasteiger partial charge in [-0.1, -0.05) is 32.0 Å². The zero-order chi connectivity index (χ0) is 17.4. The van der Waals surface area contributed by atoms with Crippen molar-refractivity contribution in [2.45, 2.75) is 45.2 Å². The number of hydrogen-bond donors (Lipinski definition) is 1. The molecule has 1 N–H and O–H groups in total. The highest BCUT2D eigenvalue weighted by molar-refractivity contribution is 6.05. The number of rotatable bonds is 3. The van der Waals surface area contributed by atoms with Crippen molar-refractivity contribution < 1.29 is 4.79 Å². The molecule has 2 aromatic heterocycles. The minimum atomic E-state index is -0.0723. The van der Waals surface area contributed by atoms with Gasteiger partial charge in [-0.2, -0.15) is 0 Å². The molecule has 0 radical (unpaired) electrons. The number of pyridine rings is 1. The molecule has 0 aliphatic carbocycles. The average molecular weight is 335 g/mol. The van der Waals surface area contributed by atoms with E-state index >= 15 is 0 Å². The van der Waals surface area contributed by atoms with E-state index in [0.29, 0.717) is 11.5 Å². The molecule has 25 heavy (non-hydrogen) atoms. The molecule has 3 aromatic rings. The van der Waals surface area contributed by atoms with Crippen LogP contribution in [0.2, 0.25) is 0 Å². The Balaban J connectivity index is 1.56. The zero-order valence-electron chi connectivity index (χ0n) is 14.4. The lowest BCUT2D eigenvalue weighted by atomic mass is 10.0. The predicted octanol–water partition coefficient (Wildman–Crippen LogP) is 2.69. The summed E-state index contributed by atoms with van der Waals surface area (Å²) in [6.45, 7) is 4.95. The van der Waals surface area contributed by atoms with Crippen LogP contribution in [0.5, 0.6) is 0 Å². The lowest BCUT2D eigenvalue weighted by Gasteiger charge is -2.26. The monoisotopic (exact) mass is 335 g/mol. The van der Waals surface area contributed by atoms with E-state index < -0.39 is 0 Å². The molecule has 0 spiro atoms. The molecule has 1 aliphatic rings. The minimum Gasteiger partial charge on any atom is -0.347 e. The maximum Gasteiger partial charge on any atom is 0.253 e. The Bertz CT molecular complexity index is 925. The summed E-state index contributed by atoms with van der Waals surface area (Å²) < 4.78 is 2.15. The third kappa shape index (κ3) is 2.88. The summed E-state index contributed by atoms with van der Waals surface area (Å²) in [5.41, 5.74) is 1.36. The van der Waals surface area contributed by atoms with Crippen molar-refractivity contribution in [3.8, 4) is 0 Å². The molecule has 1 aromatic carbocycles. The molecular weight excluding hydrogens is 314 g/mol. The Kier molecular flexibility index (Phi) is 3.95. The Morgan fingerprint density at radius 2 is 2.08 bits per heavy atom. The molecule has 1 amide bonds. The summed E-state index contributed by atoms with van der Waals surface area (Å²) in [5, 5.41) is 12.7. The number of aromatic nitrogens is 4. The van der Waals surface area contributed by atoms with E-state index in [2.05, 4.69) is 38.9 Å². The van der Waals surface area contributed by atoms with Gasteiger partial charge in [-0.05, 0) is 18.6 Å². The Morgan fingerprint density at radius 1 is 1.24 bits per heavy atom. The van der Waals surface area contributed by atoms with Gasteiger partial charge >= 0.3 is 0 Å². The van der Waals surface area contributed by atoms with Gasteiger partial charge in [-0.25, -0.2) is 0 Å². The van der Waals surface area contributed by atoms with E-state index in [9.17, 15) is 4.79 Å². The molecule has 4 rings (SSSR count). The number of aryl methyl sites for hydroxylation is 1. The van der Waals surface area contributed by atoms with E-state index in [1.807, 2.05) is 30.3 Å². The number of carbonyl (C=O) groups is 1. The van der Waals surface area contributed by atoms with Gasteiger partial charge in [-0.3, -0.25) is 9.78 Å². The number of hydrogen-bond acceptors (Lipinski definition) is 4. The third-order valence-electron chi connectivity index (χ3n) is 4.70. The lowest BCUT2D eigenvalue weighted by Crippen LogP contribution is -2.41. The second kappa shape index (κ2) is 6.27. The first-order chi connectivity index (χ1) is 12.1. The quantitative estimate of drug-likeness (QED) is 0.799. The van der Waals surface area contributed by atoms with E-state index in [1.54, 1.807) is 6.20 Å². The first-order valence-electron chi connectivity index (χ1n) is 8.70. The van der Waals surface area contributed by atoms with Crippen LogP contribution in [-0.2, 0) is 13.0 Å². The topological polar surface area (TPSA) is 72.7 Å². The van der Waals surface area contributed by atoms with E-state index in [4.69, 9.17) is 0 Å². The number of nitrogens with one attached hydrogen (secondary N) is 1. The van der Waals surface area contributed by atoms with Gasteiger partial charge < -0.3 is 9.88 Å². The van der Waals surface area contributed by atoms with Crippen molar-refractivity contribution in [2.75, 3.05) is 0 Å². The van der Waals surface area contributed by atoms with Crippen LogP contribution in [0.1, 0.15) is 48.2 Å². The van der Waals surface area contributed by atoms with Crippen molar-refractivity contribution in [2.24, 2.45) is 0 Å². The van der Waals surface area contributed by atoms with Crippen molar-refractivity contribution in [3.63, 3.8) is 0 Å². The summed E-state index contributed by atoms with van der Waals surface area (Å²) in [5.74, 6) is 2.25. The number of carbonyl (C=O) groups excluding carboxylic acids is 1. The van der Waals surface area contributed by atoms with E-state index in [1.165, 1.54) is 0 Å². The standard InChI is InChI=1S/C19H21N5O/c1-12(2)18-23-22-16-9-8-14(11-24(16)18)21-19(25)15-7-3-5-13-6-4-10-20-17(13)15/h3-7,10,12,14H,8-9,11H2,1-2H3,(H,21,25)/t14-/m1/s1. The Hall–Kier alpha value is -2.76. The number of benzene rings is 1. The molecule has 0 saturated carbocycles. The molecule has 6 nitrogen and oxygen atoms in total. The summed E-state index contributed by atoms with van der Waals surface area (Å²) in [7, 11) is 0. The van der Waals surface area contributed by atoms with Crippen LogP contribution in [0, 0.1) is 0 Å². The SMILES string of the molecule is CC(C)c1nnc2n1C[C@H](NC(=O)c1cccc3cccnc13)CC2. The minimum absolute atomic E-state index is 0.0723. The highest BCUT2D eigenvalue weighted by Gasteiger charge is 2.25. The normalized spacial score (nSPS) is 16.8. The fourth-order valence-corrected chi connectivity index (χ4v) is 3.44. The molecule has 6 heteroatoms. The summed E-state index contributed by atoms with van der Waals surface area (Å²) in [6.07, 6.45) is 3.43. The highest BCUT2D eigenvalue weighted by atomic mass is 16.1. The van der Waals surface area contributed by atoms with Crippen LogP contribution in [0.4, 0.5) is 0 Å². The molecule has 1 atom stereocenters. The third-order valence-corrected chi connectivity index (χ3v) is 4.70. The zero-order valence-corrected chi connectivity index (χ0v) is 14.4. The summed E-state index contributed by atoms with van der Waals surface area (Å²) in [4.78, 5) is 17.2. The van der Waals surface area contributed by atoms with Crippen LogP contribution in [0.3, 0.4) is 0 Å². The lowest BCUT2D eigenvalue weighted by molar-refractivity contribution is 0.0928. The highest BCUT2D eigenvalue weighted by Crippen LogP contribution is 2.21. The maximum absolute atomic E-state index is 12.8. The van der Waals surface area contributed by atoms with E-state index in [0.717, 1.165) is 41.9 Å². The van der Waals surface area contributed by atoms with Crippen LogP contribution in [0.15, 0.2) is 36.5 Å². The van der Waals surface area contributed by atoms with Crippen LogP contribution in [0.25, 0.3) is 10.9 Å². The molecule has 0 bridgehead atoms. The molecule has 0 unspecified atom stereocenters. The van der Waals surface area contributed by atoms with Gasteiger partial charge in [0, 0.05) is 36.5 Å². The fraction of sp³-hybridized carbons (Fsp3) is 0.368. The van der Waals surface area contributed by atoms with Gasteiger partial charge in [0.25, 0.3) is 5.91 Å². The van der Waals surface area contributed by atoms with E-state index in [-0.39, 0.29) is 11.9 Å². The molecule has 1 aliphatic heterocycles. The van der Waals surface area contributed by atoms with Crippen molar-refractivity contribution in [1.29, 1.82) is 0 Å².